The van der Waals surface area contributed by atoms with Crippen molar-refractivity contribution in [2.45, 2.75) is 51.4 Å². The molecular formula is C27H29N3O. The minimum Gasteiger partial charge on any atom is -0.364 e. The number of unbranched alkanes of at least 4 members (excludes halogenated alkanes) is 5. The number of primary amides is 1. The van der Waals surface area contributed by atoms with Gasteiger partial charge in [0.1, 0.15) is 5.69 Å². The summed E-state index contributed by atoms with van der Waals surface area (Å²) in [5, 5.41) is 4.70. The van der Waals surface area contributed by atoms with Crippen LogP contribution in [0.25, 0.3) is 21.5 Å². The molecule has 4 nitrogen and oxygen atoms in total. The fraction of sp³-hybridized carbons (Fsp3) is 0.296. The number of nitrogens with zero attached hydrogens (tertiary/aromatic N) is 2. The van der Waals surface area contributed by atoms with Gasteiger partial charge in [0, 0.05) is 28.4 Å². The first-order valence-electron chi connectivity index (χ1n) is 11.2. The Bertz CT molecular complexity index is 1180. The van der Waals surface area contributed by atoms with E-state index in [9.17, 15) is 4.79 Å². The van der Waals surface area contributed by atoms with E-state index >= 15 is 0 Å². The summed E-state index contributed by atoms with van der Waals surface area (Å²) in [6, 6.07) is 20.4. The maximum atomic E-state index is 11.6. The summed E-state index contributed by atoms with van der Waals surface area (Å²) in [5.74, 6) is -0.465. The summed E-state index contributed by atoms with van der Waals surface area (Å²) in [5.41, 5.74) is 8.01. The van der Waals surface area contributed by atoms with Gasteiger partial charge >= 0.3 is 0 Å². The molecule has 2 aromatic heterocycles. The summed E-state index contributed by atoms with van der Waals surface area (Å²) in [6.07, 6.45) is 10.9. The maximum absolute atomic E-state index is 11.6. The van der Waals surface area contributed by atoms with Crippen LogP contribution in [0.15, 0.2) is 66.9 Å². The molecule has 0 aliphatic carbocycles. The van der Waals surface area contributed by atoms with Crippen molar-refractivity contribution in [2.75, 3.05) is 0 Å². The number of nitrogens with two attached hydrogens (primary N) is 1. The highest BCUT2D eigenvalue weighted by Gasteiger charge is 2.09. The summed E-state index contributed by atoms with van der Waals surface area (Å²) in [4.78, 5) is 20.7. The molecule has 0 aliphatic heterocycles. The number of pyridine rings is 2. The van der Waals surface area contributed by atoms with Crippen LogP contribution in [0.2, 0.25) is 0 Å². The molecule has 0 unspecified atom stereocenters. The third-order valence-corrected chi connectivity index (χ3v) is 5.91. The van der Waals surface area contributed by atoms with Gasteiger partial charge in [-0.15, -0.1) is 0 Å². The first kappa shape index (κ1) is 21.0. The molecule has 0 aliphatic rings. The van der Waals surface area contributed by atoms with Crippen LogP contribution in [-0.2, 0) is 12.8 Å². The standard InChI is InChI=1S/C27H29N3O/c28-27(31)26-19-21-12-8-10-14-23(21)25(30-26)16-6-4-2-1-3-5-15-24-22-13-9-7-11-20(22)17-18-29-24/h7-14,17-19H,1-6,15-16H2,(H2,28,31). The van der Waals surface area contributed by atoms with Crippen LogP contribution in [0, 0.1) is 0 Å². The highest BCUT2D eigenvalue weighted by molar-refractivity contribution is 5.96. The van der Waals surface area contributed by atoms with Gasteiger partial charge < -0.3 is 5.73 Å². The number of carbonyl (C=O) groups is 1. The number of fused-ring (bicyclic) bond motifs is 2. The first-order valence-corrected chi connectivity index (χ1v) is 11.2. The molecule has 0 radical (unpaired) electrons. The van der Waals surface area contributed by atoms with Crippen molar-refractivity contribution >= 4 is 27.5 Å². The van der Waals surface area contributed by atoms with Crippen molar-refractivity contribution in [3.63, 3.8) is 0 Å². The van der Waals surface area contributed by atoms with E-state index in [-0.39, 0.29) is 0 Å². The molecule has 1 amide bonds. The zero-order valence-electron chi connectivity index (χ0n) is 17.9. The molecule has 0 bridgehead atoms. The largest absolute Gasteiger partial charge is 0.364 e. The minimum atomic E-state index is -0.465. The first-order chi connectivity index (χ1) is 15.2. The number of hydrogen-bond acceptors (Lipinski definition) is 3. The number of carbonyl (C=O) groups excluding carboxylic acids is 1. The van der Waals surface area contributed by atoms with Crippen LogP contribution in [0.3, 0.4) is 0 Å². The average molecular weight is 412 g/mol. The second-order valence-corrected chi connectivity index (χ2v) is 8.14. The quantitative estimate of drug-likeness (QED) is 0.325. The van der Waals surface area contributed by atoms with E-state index < -0.39 is 5.91 Å². The lowest BCUT2D eigenvalue weighted by atomic mass is 10.0. The van der Waals surface area contributed by atoms with Gasteiger partial charge in [0.2, 0.25) is 0 Å². The molecule has 31 heavy (non-hydrogen) atoms. The Morgan fingerprint density at radius 2 is 1.29 bits per heavy atom. The van der Waals surface area contributed by atoms with Crippen molar-refractivity contribution in [3.05, 3.63) is 83.9 Å². The van der Waals surface area contributed by atoms with Gasteiger partial charge in [-0.05, 0) is 48.6 Å². The van der Waals surface area contributed by atoms with Gasteiger partial charge in [0.15, 0.2) is 0 Å². The SMILES string of the molecule is NC(=O)c1cc2ccccc2c(CCCCCCCCc2nccc3ccccc23)n1. The Hall–Kier alpha value is -3.27. The summed E-state index contributed by atoms with van der Waals surface area (Å²) in [6.45, 7) is 0. The Labute approximate surface area is 183 Å². The maximum Gasteiger partial charge on any atom is 0.267 e. The number of aromatic nitrogens is 2. The van der Waals surface area contributed by atoms with Gasteiger partial charge in [-0.3, -0.25) is 9.78 Å². The third kappa shape index (κ3) is 5.26. The number of aryl methyl sites for hydroxylation is 2. The number of amides is 1. The molecule has 0 saturated heterocycles. The van der Waals surface area contributed by atoms with E-state index in [1.807, 2.05) is 24.4 Å². The zero-order valence-corrected chi connectivity index (χ0v) is 17.9. The topological polar surface area (TPSA) is 68.9 Å². The highest BCUT2D eigenvalue weighted by Crippen LogP contribution is 2.21. The van der Waals surface area contributed by atoms with Gasteiger partial charge in [-0.25, -0.2) is 4.98 Å². The Balaban J connectivity index is 1.22. The lowest BCUT2D eigenvalue weighted by Crippen LogP contribution is -2.14. The van der Waals surface area contributed by atoms with Crippen LogP contribution in [-0.4, -0.2) is 15.9 Å². The lowest BCUT2D eigenvalue weighted by Gasteiger charge is -2.08. The van der Waals surface area contributed by atoms with Crippen LogP contribution in [0.5, 0.6) is 0 Å². The lowest BCUT2D eigenvalue weighted by molar-refractivity contribution is 0.0995. The summed E-state index contributed by atoms with van der Waals surface area (Å²) >= 11 is 0. The van der Waals surface area contributed by atoms with Crippen LogP contribution in [0.4, 0.5) is 0 Å². The molecular weight excluding hydrogens is 382 g/mol. The predicted molar refractivity (Wildman–Crippen MR) is 127 cm³/mol. The van der Waals surface area contributed by atoms with E-state index in [1.165, 1.54) is 48.6 Å². The smallest absolute Gasteiger partial charge is 0.267 e. The fourth-order valence-corrected chi connectivity index (χ4v) is 4.26. The van der Waals surface area contributed by atoms with Crippen LogP contribution >= 0.6 is 0 Å². The van der Waals surface area contributed by atoms with E-state index in [4.69, 9.17) is 5.73 Å². The molecule has 0 saturated carbocycles. The van der Waals surface area contributed by atoms with Crippen molar-refractivity contribution in [1.29, 1.82) is 0 Å². The summed E-state index contributed by atoms with van der Waals surface area (Å²) < 4.78 is 0. The van der Waals surface area contributed by atoms with Gasteiger partial charge in [-0.2, -0.15) is 0 Å². The summed E-state index contributed by atoms with van der Waals surface area (Å²) in [7, 11) is 0. The Kier molecular flexibility index (Phi) is 6.88. The highest BCUT2D eigenvalue weighted by atomic mass is 16.1. The van der Waals surface area contributed by atoms with Gasteiger partial charge in [0.25, 0.3) is 5.91 Å². The number of benzene rings is 2. The van der Waals surface area contributed by atoms with E-state index in [2.05, 4.69) is 46.4 Å². The van der Waals surface area contributed by atoms with Crippen LogP contribution in [0.1, 0.15) is 60.4 Å². The molecule has 158 valence electrons. The second-order valence-electron chi connectivity index (χ2n) is 8.14. The zero-order chi connectivity index (χ0) is 21.5. The predicted octanol–water partition coefficient (Wildman–Crippen LogP) is 6.01. The molecule has 0 spiro atoms. The number of rotatable bonds is 10. The number of hydrogen-bond donors (Lipinski definition) is 1. The molecule has 2 aromatic carbocycles. The Morgan fingerprint density at radius 1 is 0.710 bits per heavy atom. The molecule has 2 heterocycles. The van der Waals surface area contributed by atoms with E-state index in [0.29, 0.717) is 5.69 Å². The van der Waals surface area contributed by atoms with E-state index in [1.54, 1.807) is 6.07 Å². The molecule has 2 N–H and O–H groups in total. The molecule has 0 fully saturated rings. The van der Waals surface area contributed by atoms with Crippen molar-refractivity contribution < 1.29 is 4.79 Å². The second kappa shape index (κ2) is 10.2. The average Bonchev–Trinajstić information content (AvgIpc) is 2.80. The normalized spacial score (nSPS) is 11.2. The molecule has 0 atom stereocenters. The molecule has 4 aromatic rings. The van der Waals surface area contributed by atoms with E-state index in [0.717, 1.165) is 35.7 Å². The monoisotopic (exact) mass is 411 g/mol. The molecule has 4 heteroatoms. The van der Waals surface area contributed by atoms with Gasteiger partial charge in [-0.1, -0.05) is 74.2 Å². The minimum absolute atomic E-state index is 0.357. The third-order valence-electron chi connectivity index (χ3n) is 5.91. The Morgan fingerprint density at radius 3 is 2.00 bits per heavy atom. The van der Waals surface area contributed by atoms with Crippen molar-refractivity contribution in [1.82, 2.24) is 9.97 Å². The van der Waals surface area contributed by atoms with Gasteiger partial charge in [0.05, 0.1) is 0 Å². The fourth-order valence-electron chi connectivity index (χ4n) is 4.26. The van der Waals surface area contributed by atoms with Crippen molar-refractivity contribution in [2.24, 2.45) is 5.73 Å². The van der Waals surface area contributed by atoms with Crippen molar-refractivity contribution in [3.8, 4) is 0 Å². The van der Waals surface area contributed by atoms with Crippen LogP contribution < -0.4 is 5.73 Å². The molecule has 4 rings (SSSR count).